The third-order valence-electron chi connectivity index (χ3n) is 14.2. The van der Waals surface area contributed by atoms with Gasteiger partial charge >= 0.3 is 5.97 Å². The van der Waals surface area contributed by atoms with Gasteiger partial charge in [0.2, 0.25) is 11.8 Å². The molecule has 7 atom stereocenters. The number of likely N-dealkylation sites (tertiary alicyclic amines) is 1. The van der Waals surface area contributed by atoms with Gasteiger partial charge in [-0.2, -0.15) is 0 Å². The van der Waals surface area contributed by atoms with Crippen LogP contribution in [0.5, 0.6) is 0 Å². The van der Waals surface area contributed by atoms with E-state index in [0.717, 1.165) is 77.3 Å². The van der Waals surface area contributed by atoms with Crippen molar-refractivity contribution in [1.29, 1.82) is 0 Å². The number of aryl methyl sites for hydroxylation is 1. The molecule has 15 nitrogen and oxygen atoms in total. The van der Waals surface area contributed by atoms with Gasteiger partial charge in [0.05, 0.1) is 46.9 Å². The minimum Gasteiger partial charge on any atom is -0.464 e. The maximum atomic E-state index is 14.7. The minimum absolute atomic E-state index is 0.0484. The van der Waals surface area contributed by atoms with Crippen LogP contribution < -0.4 is 16.1 Å². The topological polar surface area (TPSA) is 173 Å². The molecule has 3 aromatic rings. The van der Waals surface area contributed by atoms with Gasteiger partial charge in [-0.3, -0.25) is 34.1 Å². The first-order valence-corrected chi connectivity index (χ1v) is 24.4. The highest BCUT2D eigenvalue weighted by Crippen LogP contribution is 2.42. The number of nitrogens with one attached hydrogen (secondary N) is 3. The fourth-order valence-corrected chi connectivity index (χ4v) is 11.7. The van der Waals surface area contributed by atoms with E-state index in [1.807, 2.05) is 23.4 Å². The zero-order valence-electron chi connectivity index (χ0n) is 38.4. The number of cyclic esters (lactones) is 1. The third kappa shape index (κ3) is 8.68. The van der Waals surface area contributed by atoms with Gasteiger partial charge in [-0.15, -0.1) is 11.3 Å². The summed E-state index contributed by atoms with van der Waals surface area (Å²) >= 11 is 1.48. The molecule has 2 unspecified atom stereocenters. The van der Waals surface area contributed by atoms with Crippen molar-refractivity contribution in [3.05, 3.63) is 45.5 Å². The number of carbonyl (C=O) groups is 4. The van der Waals surface area contributed by atoms with Crippen molar-refractivity contribution in [2.45, 2.75) is 142 Å². The number of piperazine rings is 1. The highest BCUT2D eigenvalue weighted by molar-refractivity contribution is 7.10. The van der Waals surface area contributed by atoms with Gasteiger partial charge < -0.3 is 29.6 Å². The lowest BCUT2D eigenvalue weighted by molar-refractivity contribution is -0.155. The quantitative estimate of drug-likeness (QED) is 0.202. The van der Waals surface area contributed by atoms with Gasteiger partial charge in [0, 0.05) is 97.4 Å². The van der Waals surface area contributed by atoms with Gasteiger partial charge in [-0.05, 0) is 82.4 Å². The summed E-state index contributed by atoms with van der Waals surface area (Å²) in [6.07, 6.45) is 7.24. The Labute approximate surface area is 380 Å². The zero-order valence-corrected chi connectivity index (χ0v) is 39.3. The molecule has 6 aliphatic heterocycles. The van der Waals surface area contributed by atoms with E-state index in [9.17, 15) is 19.2 Å². The number of hydrogen-bond acceptors (Lipinski definition) is 12. The van der Waals surface area contributed by atoms with Crippen LogP contribution in [0.15, 0.2) is 34.3 Å². The molecule has 4 fully saturated rings. The number of allylic oxidation sites excluding steroid dienone is 1. The molecule has 3 N–H and O–H groups in total. The molecule has 0 spiro atoms. The number of hydrogen-bond donors (Lipinski definition) is 3. The number of aliphatic imine (C=N–C) groups is 1. The van der Waals surface area contributed by atoms with Gasteiger partial charge in [-0.25, -0.2) is 10.4 Å². The lowest BCUT2D eigenvalue weighted by Crippen LogP contribution is -2.65. The van der Waals surface area contributed by atoms with Gasteiger partial charge in [-0.1, -0.05) is 33.8 Å². The Balaban J connectivity index is 1.08. The number of benzene rings is 1. The molecule has 0 aliphatic carbocycles. The number of rotatable bonds is 9. The van der Waals surface area contributed by atoms with E-state index in [4.69, 9.17) is 19.5 Å². The predicted octanol–water partition coefficient (Wildman–Crippen LogP) is 4.72. The number of thiazole rings is 1. The van der Waals surface area contributed by atoms with E-state index >= 15 is 0 Å². The molecular formula is C48H65N9O6S. The lowest BCUT2D eigenvalue weighted by Gasteiger charge is -2.46. The maximum absolute atomic E-state index is 14.7. The van der Waals surface area contributed by atoms with Gasteiger partial charge in [0.15, 0.2) is 0 Å². The number of carbonyl (C=O) groups excluding carboxylic acids is 4. The van der Waals surface area contributed by atoms with E-state index in [-0.39, 0.29) is 60.9 Å². The molecule has 6 aliphatic rings. The number of amides is 3. The Hall–Kier alpha value is -4.48. The van der Waals surface area contributed by atoms with Gasteiger partial charge in [0.1, 0.15) is 12.1 Å². The summed E-state index contributed by atoms with van der Waals surface area (Å²) in [5.74, 6) is -0.825. The number of fused-ring (bicyclic) bond motifs is 8. The summed E-state index contributed by atoms with van der Waals surface area (Å²) < 4.78 is 14.4. The number of esters is 1. The number of ether oxygens (including phenoxy) is 2. The van der Waals surface area contributed by atoms with Crippen LogP contribution in [-0.2, 0) is 48.0 Å². The molecule has 8 heterocycles. The van der Waals surface area contributed by atoms with Gasteiger partial charge in [0.25, 0.3) is 5.91 Å². The first-order valence-electron chi connectivity index (χ1n) is 23.5. The Morgan fingerprint density at radius 2 is 1.88 bits per heavy atom. The Morgan fingerprint density at radius 3 is 2.58 bits per heavy atom. The highest BCUT2D eigenvalue weighted by Gasteiger charge is 2.49. The zero-order chi connectivity index (χ0) is 45.0. The van der Waals surface area contributed by atoms with Crippen molar-refractivity contribution in [3.8, 4) is 11.3 Å². The summed E-state index contributed by atoms with van der Waals surface area (Å²) in [4.78, 5) is 70.8. The molecule has 2 aromatic heterocycles. The smallest absolute Gasteiger partial charge is 0.324 e. The largest absolute Gasteiger partial charge is 0.464 e. The number of aromatic nitrogens is 2. The predicted molar refractivity (Wildman–Crippen MR) is 247 cm³/mol. The van der Waals surface area contributed by atoms with Crippen LogP contribution >= 0.6 is 11.3 Å². The van der Waals surface area contributed by atoms with Crippen LogP contribution in [0.1, 0.15) is 96.3 Å². The number of hydrazine groups is 1. The summed E-state index contributed by atoms with van der Waals surface area (Å²) in [5, 5.41) is 11.8. The van der Waals surface area contributed by atoms with E-state index < -0.39 is 29.5 Å². The van der Waals surface area contributed by atoms with Crippen LogP contribution in [0.4, 0.5) is 0 Å². The standard InChI is InChI=1S/C48H65N9O6S/c1-8-55-39-16-13-29-19-33(39)34(43(55)32-11-9-17-49-41(32)28(4)62-7)21-48(5,6)26-63-47(61)35-12-10-18-56(53-35)46(60)36(20-40-51-38(29)25-64-40)52-44(58)42(27(2)3)57-30-14-15-31(57)24-54(23-30)45(59)37-22-50-37/h13,16-17,19,25,27-28,30-31,35-37,42,50,53H,8-12,14-15,18,20-24,26H2,1-7H3,(H,52,58)/t28-,30?,31?,35-,36-,37-,42-/m0/s1. The van der Waals surface area contributed by atoms with Crippen LogP contribution in [0, 0.1) is 11.3 Å². The fourth-order valence-electron chi connectivity index (χ4n) is 10.9. The summed E-state index contributed by atoms with van der Waals surface area (Å²) in [6.45, 7) is 15.8. The van der Waals surface area contributed by atoms with Crippen LogP contribution in [0.3, 0.4) is 0 Å². The third-order valence-corrected chi connectivity index (χ3v) is 15.1. The van der Waals surface area contributed by atoms with E-state index in [1.54, 1.807) is 7.11 Å². The molecule has 0 saturated carbocycles. The lowest BCUT2D eigenvalue weighted by atomic mass is 9.83. The SMILES string of the molecule is CCn1c(C2=C([C@H](C)OC)N=CCC2)c2c3cc(ccc31)-c1csc(n1)C[C@H](NC(=O)[C@H](C(C)C)N1C3CCC1CN(C(=O)[C@@H]1CN1)C3)C(=O)N1CCC[C@H](N1)C(=O)OCC(C)(C)C2. The summed E-state index contributed by atoms with van der Waals surface area (Å²) in [7, 11) is 1.72. The molecule has 16 heteroatoms. The molecular weight excluding hydrogens is 831 g/mol. The molecule has 344 valence electrons. The second kappa shape index (κ2) is 18.1. The molecule has 3 amide bonds. The van der Waals surface area contributed by atoms with Crippen molar-refractivity contribution in [3.63, 3.8) is 0 Å². The van der Waals surface area contributed by atoms with Crippen molar-refractivity contribution >= 4 is 57.7 Å². The average Bonchev–Trinajstić information content (AvgIpc) is 3.90. The minimum atomic E-state index is -0.945. The molecule has 4 saturated heterocycles. The summed E-state index contributed by atoms with van der Waals surface area (Å²) in [6, 6.07) is 4.42. The molecule has 8 bridgehead atoms. The Bertz CT molecular complexity index is 2350. The normalized spacial score (nSPS) is 27.2. The Kier molecular flexibility index (Phi) is 12.6. The van der Waals surface area contributed by atoms with Crippen molar-refractivity contribution < 1.29 is 28.7 Å². The van der Waals surface area contributed by atoms with E-state index in [2.05, 4.69) is 78.3 Å². The second-order valence-electron chi connectivity index (χ2n) is 19.8. The van der Waals surface area contributed by atoms with E-state index in [0.29, 0.717) is 38.9 Å². The Morgan fingerprint density at radius 1 is 1.11 bits per heavy atom. The number of methoxy groups -OCH3 is 1. The first kappa shape index (κ1) is 44.7. The molecule has 0 radical (unpaired) electrons. The maximum Gasteiger partial charge on any atom is 0.324 e. The van der Waals surface area contributed by atoms with Crippen molar-refractivity contribution in [2.24, 2.45) is 16.3 Å². The molecule has 1 aromatic carbocycles. The number of nitrogens with zero attached hydrogens (tertiary/aromatic N) is 6. The van der Waals surface area contributed by atoms with Crippen molar-refractivity contribution in [1.82, 2.24) is 40.4 Å². The van der Waals surface area contributed by atoms with Crippen LogP contribution in [0.25, 0.3) is 27.7 Å². The molecule has 9 rings (SSSR count). The average molecular weight is 896 g/mol. The molecule has 64 heavy (non-hydrogen) atoms. The second-order valence-corrected chi connectivity index (χ2v) is 20.7. The van der Waals surface area contributed by atoms with E-state index in [1.165, 1.54) is 27.5 Å². The van der Waals surface area contributed by atoms with Crippen molar-refractivity contribution in [2.75, 3.05) is 39.9 Å². The van der Waals surface area contributed by atoms with Crippen LogP contribution in [0.2, 0.25) is 0 Å². The van der Waals surface area contributed by atoms with Crippen LogP contribution in [-0.4, -0.2) is 137 Å². The first-order chi connectivity index (χ1) is 30.7. The highest BCUT2D eigenvalue weighted by atomic mass is 32.1. The summed E-state index contributed by atoms with van der Waals surface area (Å²) in [5.41, 5.74) is 10.1. The monoisotopic (exact) mass is 895 g/mol. The fraction of sp³-hybridized carbons (Fsp3) is 0.625.